The molecule has 0 aromatic carbocycles. The highest BCUT2D eigenvalue weighted by molar-refractivity contribution is 7.93. The van der Waals surface area contributed by atoms with Crippen LogP contribution in [0.5, 0.6) is 0 Å². The average molecular weight is 325 g/mol. The molecule has 7 heteroatoms. The van der Waals surface area contributed by atoms with Gasteiger partial charge in [0.15, 0.2) is 12.9 Å². The summed E-state index contributed by atoms with van der Waals surface area (Å²) >= 11 is 0. The first-order valence-electron chi connectivity index (χ1n) is 7.60. The molecule has 0 saturated carbocycles. The number of hydrogen-bond acceptors (Lipinski definition) is 3. The first kappa shape index (κ1) is 16.8. The molecule has 1 aliphatic carbocycles. The Labute approximate surface area is 132 Å². The normalized spacial score (nSPS) is 18.7. The highest BCUT2D eigenvalue weighted by Crippen LogP contribution is 2.22. The Kier molecular flexibility index (Phi) is 5.42. The van der Waals surface area contributed by atoms with Crippen molar-refractivity contribution in [2.45, 2.75) is 39.0 Å². The highest BCUT2D eigenvalue weighted by atomic mass is 32.2. The fourth-order valence-corrected chi connectivity index (χ4v) is 3.09. The third-order valence-corrected chi connectivity index (χ3v) is 4.77. The minimum Gasteiger partial charge on any atom is -0.332 e. The molecule has 0 aromatic heterocycles. The molecule has 1 heterocycles. The van der Waals surface area contributed by atoms with Crippen LogP contribution in [0.3, 0.4) is 0 Å². The molecule has 2 N–H and O–H groups in total. The van der Waals surface area contributed by atoms with Gasteiger partial charge in [-0.3, -0.25) is 4.90 Å². The van der Waals surface area contributed by atoms with E-state index in [4.69, 9.17) is 5.14 Å². The van der Waals surface area contributed by atoms with Gasteiger partial charge >= 0.3 is 5.91 Å². The monoisotopic (exact) mass is 325 g/mol. The number of unbranched alkanes of at least 4 members (excludes halogenated alkanes) is 3. The largest absolute Gasteiger partial charge is 0.338 e. The molecule has 22 heavy (non-hydrogen) atoms. The second-order valence-electron chi connectivity index (χ2n) is 5.57. The molecule has 0 unspecified atom stereocenters. The smallest absolute Gasteiger partial charge is 0.332 e. The molecule has 1 aliphatic heterocycles. The maximum absolute atomic E-state index is 12.0. The number of nitrogens with zero attached hydrogens (tertiary/aromatic N) is 2. The fourth-order valence-electron chi connectivity index (χ4n) is 2.52. The molecule has 2 aliphatic rings. The van der Waals surface area contributed by atoms with Crippen molar-refractivity contribution in [3.63, 3.8) is 0 Å². The van der Waals surface area contributed by atoms with E-state index in [0.717, 1.165) is 25.4 Å². The van der Waals surface area contributed by atoms with E-state index >= 15 is 0 Å². The van der Waals surface area contributed by atoms with Crippen molar-refractivity contribution in [3.8, 4) is 0 Å². The van der Waals surface area contributed by atoms with E-state index in [1.54, 1.807) is 17.1 Å². The van der Waals surface area contributed by atoms with Crippen LogP contribution in [0.15, 0.2) is 23.1 Å². The fraction of sp³-hybridized carbons (Fsp3) is 0.533. The van der Waals surface area contributed by atoms with E-state index in [-0.39, 0.29) is 10.8 Å². The Hall–Kier alpha value is -1.60. The van der Waals surface area contributed by atoms with Crippen molar-refractivity contribution in [2.75, 3.05) is 13.1 Å². The van der Waals surface area contributed by atoms with Gasteiger partial charge in [-0.15, -0.1) is 12.2 Å². The van der Waals surface area contributed by atoms with Gasteiger partial charge in [-0.1, -0.05) is 25.8 Å². The summed E-state index contributed by atoms with van der Waals surface area (Å²) in [5.74, 6) is 0.0821. The Balaban J connectivity index is 1.93. The summed E-state index contributed by atoms with van der Waals surface area (Å²) < 4.78 is 24.4. The summed E-state index contributed by atoms with van der Waals surface area (Å²) in [4.78, 5) is 13.9. The van der Waals surface area contributed by atoms with Crippen LogP contribution in [0, 0.1) is 6.04 Å². The summed E-state index contributed by atoms with van der Waals surface area (Å²) in [7, 11) is -3.66. The number of carbonyl (C=O) groups is 1. The van der Waals surface area contributed by atoms with E-state index in [1.807, 2.05) is 10.9 Å². The predicted molar refractivity (Wildman–Crippen MR) is 85.2 cm³/mol. The molecule has 0 radical (unpaired) electrons. The molecule has 0 spiro atoms. The summed E-state index contributed by atoms with van der Waals surface area (Å²) in [6, 6.07) is 0.900. The Morgan fingerprint density at radius 1 is 1.36 bits per heavy atom. The molecule has 0 atom stereocenters. The molecule has 1 amide bonds. The number of hydrogen-bond donors (Lipinski definition) is 1. The van der Waals surface area contributed by atoms with Gasteiger partial charge in [-0.05, 0) is 19.3 Å². The maximum atomic E-state index is 12.0. The van der Waals surface area contributed by atoms with E-state index < -0.39 is 10.0 Å². The van der Waals surface area contributed by atoms with Gasteiger partial charge in [0.2, 0.25) is 10.0 Å². The second kappa shape index (κ2) is 7.11. The van der Waals surface area contributed by atoms with Gasteiger partial charge in [0.05, 0.1) is 6.54 Å². The lowest BCUT2D eigenvalue weighted by Crippen LogP contribution is -2.27. The van der Waals surface area contributed by atoms with Crippen molar-refractivity contribution >= 4 is 22.3 Å². The van der Waals surface area contributed by atoms with Crippen molar-refractivity contribution in [1.29, 1.82) is 0 Å². The highest BCUT2D eigenvalue weighted by Gasteiger charge is 2.28. The van der Waals surface area contributed by atoms with Gasteiger partial charge in [-0.2, -0.15) is 0 Å². The molecule has 0 bridgehead atoms. The number of nitrogens with two attached hydrogens (primary N) is 1. The molecule has 0 saturated heterocycles. The van der Waals surface area contributed by atoms with Gasteiger partial charge in [0.25, 0.3) is 0 Å². The first-order chi connectivity index (χ1) is 10.4. The van der Waals surface area contributed by atoms with Crippen LogP contribution < -0.4 is 5.14 Å². The van der Waals surface area contributed by atoms with Gasteiger partial charge in [0, 0.05) is 10.9 Å². The Morgan fingerprint density at radius 3 is 2.73 bits per heavy atom. The van der Waals surface area contributed by atoms with Crippen molar-refractivity contribution in [1.82, 2.24) is 4.90 Å². The summed E-state index contributed by atoms with van der Waals surface area (Å²) in [5, 5.41) is 5.09. The van der Waals surface area contributed by atoms with Crippen LogP contribution in [0.1, 0.15) is 39.0 Å². The summed E-state index contributed by atoms with van der Waals surface area (Å²) in [5.41, 5.74) is 0. The number of rotatable bonds is 7. The van der Waals surface area contributed by atoms with Crippen LogP contribution in [0.4, 0.5) is 0 Å². The summed E-state index contributed by atoms with van der Waals surface area (Å²) in [6.45, 7) is 3.21. The van der Waals surface area contributed by atoms with Crippen molar-refractivity contribution < 1.29 is 17.8 Å². The first-order valence-corrected chi connectivity index (χ1v) is 9.14. The average Bonchev–Trinajstić information content (AvgIpc) is 2.84. The molecule has 0 aromatic rings. The van der Waals surface area contributed by atoms with Crippen LogP contribution in [0.25, 0.3) is 0 Å². The molecule has 122 valence electrons. The van der Waals surface area contributed by atoms with Crippen molar-refractivity contribution in [2.24, 2.45) is 5.14 Å². The minimum atomic E-state index is -3.66. The molecule has 0 fully saturated rings. The predicted octanol–water partition coefficient (Wildman–Crippen LogP) is 1.11. The zero-order valence-electron chi connectivity index (χ0n) is 12.9. The minimum absolute atomic E-state index is 0.0821. The Bertz CT molecular complexity index is 620. The lowest BCUT2D eigenvalue weighted by atomic mass is 10.1. The molecule has 2 rings (SSSR count). The number of allylic oxidation sites excluding steroid dienone is 1. The number of amides is 1. The standard InChI is InChI=1S/C15H23N3O3S/c1-2-3-4-5-10-17-12-18(11-15(17)19)13-6-8-14(9-7-13)22(16,20)21/h6,8-9,12H,2-5,7,10-11H2,1H3,(H2,16,20,21). The number of carbonyl (C=O) groups excluding carboxylic acids is 1. The molecular formula is C15H23N3O3S. The van der Waals surface area contributed by atoms with Gasteiger partial charge in [-0.25, -0.2) is 18.4 Å². The van der Waals surface area contributed by atoms with Crippen molar-refractivity contribution in [3.05, 3.63) is 29.2 Å². The summed E-state index contributed by atoms with van der Waals surface area (Å²) in [6.07, 6.45) is 11.5. The third-order valence-electron chi connectivity index (χ3n) is 3.81. The van der Waals surface area contributed by atoms with Crippen LogP contribution >= 0.6 is 0 Å². The topological polar surface area (TPSA) is 83.5 Å². The van der Waals surface area contributed by atoms with E-state index in [1.165, 1.54) is 18.9 Å². The van der Waals surface area contributed by atoms with E-state index in [0.29, 0.717) is 13.0 Å². The second-order valence-corrected chi connectivity index (χ2v) is 7.13. The lowest BCUT2D eigenvalue weighted by Gasteiger charge is -2.21. The van der Waals surface area contributed by atoms with Gasteiger partial charge in [0.1, 0.15) is 0 Å². The van der Waals surface area contributed by atoms with E-state index in [2.05, 4.69) is 6.92 Å². The third kappa shape index (κ3) is 4.20. The molecule has 6 nitrogen and oxygen atoms in total. The lowest BCUT2D eigenvalue weighted by molar-refractivity contribution is -0.486. The maximum Gasteiger partial charge on any atom is 0.338 e. The zero-order chi connectivity index (χ0) is 16.2. The number of primary sulfonamides is 1. The quantitative estimate of drug-likeness (QED) is 0.432. The molecular weight excluding hydrogens is 302 g/mol. The van der Waals surface area contributed by atoms with Crippen LogP contribution in [-0.2, 0) is 14.8 Å². The SMILES string of the molecule is CCCCCCN1C=[N+]([C-]2C=CC(S(N)(=O)=O)=CC2)CC1=O. The Morgan fingerprint density at radius 2 is 2.14 bits per heavy atom. The number of sulfonamides is 1. The van der Waals surface area contributed by atoms with Crippen LogP contribution in [-0.4, -0.2) is 43.2 Å². The van der Waals surface area contributed by atoms with Crippen LogP contribution in [0.2, 0.25) is 0 Å². The van der Waals surface area contributed by atoms with Gasteiger partial charge < -0.3 is 4.58 Å². The van der Waals surface area contributed by atoms with E-state index in [9.17, 15) is 13.2 Å². The zero-order valence-corrected chi connectivity index (χ0v) is 13.7.